The lowest BCUT2D eigenvalue weighted by Gasteiger charge is -2.30. The molecule has 3 unspecified atom stereocenters. The van der Waals surface area contributed by atoms with Crippen LogP contribution in [0.15, 0.2) is 0 Å². The van der Waals surface area contributed by atoms with Crippen LogP contribution in [0.2, 0.25) is 0 Å². The van der Waals surface area contributed by atoms with Crippen molar-refractivity contribution in [3.8, 4) is 0 Å². The summed E-state index contributed by atoms with van der Waals surface area (Å²) in [6, 6.07) is -0.0342. The van der Waals surface area contributed by atoms with E-state index >= 15 is 0 Å². The first-order valence-electron chi connectivity index (χ1n) is 7.93. The minimum Gasteiger partial charge on any atom is -0.369 e. The zero-order chi connectivity index (χ0) is 14.2. The fourth-order valence-electron chi connectivity index (χ4n) is 4.12. The summed E-state index contributed by atoms with van der Waals surface area (Å²) in [4.78, 5) is 23.9. The Kier molecular flexibility index (Phi) is 3.71. The third kappa shape index (κ3) is 2.55. The van der Waals surface area contributed by atoms with E-state index in [9.17, 15) is 9.59 Å². The van der Waals surface area contributed by atoms with Crippen molar-refractivity contribution in [3.63, 3.8) is 0 Å². The molecule has 1 saturated heterocycles. The summed E-state index contributed by atoms with van der Waals surface area (Å²) in [5.41, 5.74) is 5.72. The van der Waals surface area contributed by atoms with E-state index in [0.29, 0.717) is 0 Å². The van der Waals surface area contributed by atoms with Crippen molar-refractivity contribution in [1.82, 2.24) is 10.6 Å². The quantitative estimate of drug-likeness (QED) is 0.705. The molecule has 5 heteroatoms. The maximum absolute atomic E-state index is 12.4. The monoisotopic (exact) mass is 279 g/mol. The highest BCUT2D eigenvalue weighted by molar-refractivity contribution is 5.84. The van der Waals surface area contributed by atoms with Crippen molar-refractivity contribution in [1.29, 1.82) is 0 Å². The summed E-state index contributed by atoms with van der Waals surface area (Å²) in [5, 5.41) is 6.47. The Morgan fingerprint density at radius 1 is 1.15 bits per heavy atom. The van der Waals surface area contributed by atoms with Crippen LogP contribution in [-0.4, -0.2) is 30.9 Å². The SMILES string of the molecule is NC(=O)C1CCCCC1NC(=O)C1CC12CCNCC2. The Labute approximate surface area is 120 Å². The van der Waals surface area contributed by atoms with Crippen LogP contribution in [0.5, 0.6) is 0 Å². The van der Waals surface area contributed by atoms with Crippen LogP contribution in [-0.2, 0) is 9.59 Å². The normalized spacial score (nSPS) is 35.5. The fraction of sp³-hybridized carbons (Fsp3) is 0.867. The third-order valence-electron chi connectivity index (χ3n) is 5.56. The smallest absolute Gasteiger partial charge is 0.223 e. The minimum absolute atomic E-state index is 0.0342. The Hall–Kier alpha value is -1.10. The number of carbonyl (C=O) groups excluding carboxylic acids is 2. The highest BCUT2D eigenvalue weighted by Gasteiger charge is 2.57. The molecule has 0 aromatic heterocycles. The van der Waals surface area contributed by atoms with Crippen molar-refractivity contribution < 1.29 is 9.59 Å². The van der Waals surface area contributed by atoms with Gasteiger partial charge in [-0.2, -0.15) is 0 Å². The van der Waals surface area contributed by atoms with Gasteiger partial charge in [-0.25, -0.2) is 0 Å². The van der Waals surface area contributed by atoms with E-state index in [2.05, 4.69) is 10.6 Å². The number of primary amides is 1. The standard InChI is InChI=1S/C15H25N3O2/c16-13(19)10-3-1-2-4-12(10)18-14(20)11-9-15(11)5-7-17-8-6-15/h10-12,17H,1-9H2,(H2,16,19)(H,18,20). The molecule has 3 fully saturated rings. The maximum atomic E-state index is 12.4. The first-order chi connectivity index (χ1) is 9.62. The molecule has 1 spiro atoms. The topological polar surface area (TPSA) is 84.2 Å². The molecule has 2 saturated carbocycles. The minimum atomic E-state index is -0.262. The lowest BCUT2D eigenvalue weighted by atomic mass is 9.83. The molecule has 0 bridgehead atoms. The first kappa shape index (κ1) is 13.9. The molecule has 1 heterocycles. The highest BCUT2D eigenvalue weighted by Crippen LogP contribution is 2.58. The predicted octanol–water partition coefficient (Wildman–Crippen LogP) is 0.536. The van der Waals surface area contributed by atoms with Crippen LogP contribution in [0.1, 0.15) is 44.9 Å². The summed E-state index contributed by atoms with van der Waals surface area (Å²) < 4.78 is 0. The molecule has 3 aliphatic rings. The van der Waals surface area contributed by atoms with Crippen LogP contribution in [0.3, 0.4) is 0 Å². The molecule has 0 aromatic rings. The third-order valence-corrected chi connectivity index (χ3v) is 5.56. The van der Waals surface area contributed by atoms with Gasteiger partial charge in [0, 0.05) is 12.0 Å². The van der Waals surface area contributed by atoms with Crippen molar-refractivity contribution in [2.45, 2.75) is 51.0 Å². The summed E-state index contributed by atoms with van der Waals surface area (Å²) in [6.45, 7) is 2.05. The van der Waals surface area contributed by atoms with Crippen LogP contribution < -0.4 is 16.4 Å². The Morgan fingerprint density at radius 3 is 2.55 bits per heavy atom. The van der Waals surface area contributed by atoms with Crippen LogP contribution in [0.25, 0.3) is 0 Å². The molecule has 0 aromatic carbocycles. The van der Waals surface area contributed by atoms with E-state index in [1.54, 1.807) is 0 Å². The number of hydrogen-bond acceptors (Lipinski definition) is 3. The van der Waals surface area contributed by atoms with Gasteiger partial charge in [-0.1, -0.05) is 12.8 Å². The summed E-state index contributed by atoms with van der Waals surface area (Å²) >= 11 is 0. The first-order valence-corrected chi connectivity index (χ1v) is 7.93. The molecule has 2 aliphatic carbocycles. The molecular formula is C15H25N3O2. The molecule has 20 heavy (non-hydrogen) atoms. The molecule has 3 atom stereocenters. The second-order valence-electron chi connectivity index (χ2n) is 6.78. The van der Waals surface area contributed by atoms with Gasteiger partial charge in [0.1, 0.15) is 0 Å². The number of carbonyl (C=O) groups is 2. The van der Waals surface area contributed by atoms with Crippen molar-refractivity contribution in [2.24, 2.45) is 23.0 Å². The van der Waals surface area contributed by atoms with E-state index < -0.39 is 0 Å². The van der Waals surface area contributed by atoms with Gasteiger partial charge in [-0.05, 0) is 50.6 Å². The van der Waals surface area contributed by atoms with Gasteiger partial charge < -0.3 is 16.4 Å². The second-order valence-corrected chi connectivity index (χ2v) is 6.78. The van der Waals surface area contributed by atoms with Crippen LogP contribution >= 0.6 is 0 Å². The van der Waals surface area contributed by atoms with Gasteiger partial charge in [-0.15, -0.1) is 0 Å². The molecule has 112 valence electrons. The maximum Gasteiger partial charge on any atom is 0.223 e. The number of nitrogens with one attached hydrogen (secondary N) is 2. The van der Waals surface area contributed by atoms with E-state index in [4.69, 9.17) is 5.73 Å². The fourth-order valence-corrected chi connectivity index (χ4v) is 4.12. The Bertz CT molecular complexity index is 404. The number of amides is 2. The highest BCUT2D eigenvalue weighted by atomic mass is 16.2. The molecule has 1 aliphatic heterocycles. The average Bonchev–Trinajstić information content (AvgIpc) is 3.13. The van der Waals surface area contributed by atoms with Gasteiger partial charge in [0.15, 0.2) is 0 Å². The molecular weight excluding hydrogens is 254 g/mol. The van der Waals surface area contributed by atoms with E-state index in [1.807, 2.05) is 0 Å². The molecule has 0 radical (unpaired) electrons. The van der Waals surface area contributed by atoms with Gasteiger partial charge in [0.25, 0.3) is 0 Å². The molecule has 3 rings (SSSR count). The second kappa shape index (κ2) is 5.35. The van der Waals surface area contributed by atoms with Crippen molar-refractivity contribution in [2.75, 3.05) is 13.1 Å². The van der Waals surface area contributed by atoms with Gasteiger partial charge in [-0.3, -0.25) is 9.59 Å². The van der Waals surface area contributed by atoms with Crippen molar-refractivity contribution >= 4 is 11.8 Å². The van der Waals surface area contributed by atoms with E-state index in [-0.39, 0.29) is 35.1 Å². The largest absolute Gasteiger partial charge is 0.369 e. The Morgan fingerprint density at radius 2 is 1.85 bits per heavy atom. The summed E-state index contributed by atoms with van der Waals surface area (Å²) in [6.07, 6.45) is 7.06. The predicted molar refractivity (Wildman–Crippen MR) is 75.7 cm³/mol. The molecule has 5 nitrogen and oxygen atoms in total. The number of piperidine rings is 1. The van der Waals surface area contributed by atoms with E-state index in [1.165, 1.54) is 0 Å². The molecule has 4 N–H and O–H groups in total. The number of nitrogens with two attached hydrogens (primary N) is 1. The average molecular weight is 279 g/mol. The lowest BCUT2D eigenvalue weighted by Crippen LogP contribution is -2.48. The number of rotatable bonds is 3. The Balaban J connectivity index is 1.57. The van der Waals surface area contributed by atoms with Gasteiger partial charge >= 0.3 is 0 Å². The molecule has 2 amide bonds. The summed E-state index contributed by atoms with van der Waals surface area (Å²) in [7, 11) is 0. The van der Waals surface area contributed by atoms with Crippen LogP contribution in [0.4, 0.5) is 0 Å². The van der Waals surface area contributed by atoms with Crippen LogP contribution in [0, 0.1) is 17.3 Å². The zero-order valence-corrected chi connectivity index (χ0v) is 12.0. The summed E-state index contributed by atoms with van der Waals surface area (Å²) in [5.74, 6) is -0.108. The van der Waals surface area contributed by atoms with Gasteiger partial charge in [0.2, 0.25) is 11.8 Å². The van der Waals surface area contributed by atoms with Crippen molar-refractivity contribution in [3.05, 3.63) is 0 Å². The lowest BCUT2D eigenvalue weighted by molar-refractivity contribution is -0.127. The van der Waals surface area contributed by atoms with Gasteiger partial charge in [0.05, 0.1) is 5.92 Å². The zero-order valence-electron chi connectivity index (χ0n) is 12.0. The van der Waals surface area contributed by atoms with E-state index in [0.717, 1.165) is 58.0 Å². The number of hydrogen-bond donors (Lipinski definition) is 3.